The molecule has 5 nitrogen and oxygen atoms in total. The van der Waals surface area contributed by atoms with Crippen LogP contribution in [0.1, 0.15) is 29.9 Å². The van der Waals surface area contributed by atoms with Gasteiger partial charge in [0.2, 0.25) is 0 Å². The summed E-state index contributed by atoms with van der Waals surface area (Å²) in [6, 6.07) is 1.44. The summed E-state index contributed by atoms with van der Waals surface area (Å²) >= 11 is 0. The summed E-state index contributed by atoms with van der Waals surface area (Å²) in [5.74, 6) is -0.978. The Balaban J connectivity index is 3.20. The van der Waals surface area contributed by atoms with E-state index in [4.69, 9.17) is 10.5 Å². The van der Waals surface area contributed by atoms with Gasteiger partial charge in [-0.25, -0.2) is 4.98 Å². The number of methoxy groups -OCH3 is 1. The minimum atomic E-state index is -4.60. The maximum atomic E-state index is 12.7. The van der Waals surface area contributed by atoms with Crippen molar-refractivity contribution in [3.05, 3.63) is 23.4 Å². The zero-order valence-electron chi connectivity index (χ0n) is 12.0. The second-order valence-electron chi connectivity index (χ2n) is 4.90. The van der Waals surface area contributed by atoms with Crippen LogP contribution in [0.15, 0.2) is 12.1 Å². The molecule has 0 saturated heterocycles. The number of halogens is 3. The molecule has 0 aliphatic carbocycles. The molecule has 0 aromatic carbocycles. The summed E-state index contributed by atoms with van der Waals surface area (Å²) in [5.41, 5.74) is 3.99. The highest BCUT2D eigenvalue weighted by Gasteiger charge is 2.33. The first-order chi connectivity index (χ1) is 9.66. The standard InChI is InChI=1S/C13H18F3N3O2/c1-7(2)9(6-21-3)18-12-8(11(17)20)4-5-10(19-12)13(14,15)16/h4-5,7,9H,6H2,1-3H3,(H2,17,20)(H,18,19). The largest absolute Gasteiger partial charge is 0.433 e. The first-order valence-corrected chi connectivity index (χ1v) is 6.30. The monoisotopic (exact) mass is 305 g/mol. The number of nitrogens with two attached hydrogens (primary N) is 1. The van der Waals surface area contributed by atoms with E-state index in [0.29, 0.717) is 0 Å². The fourth-order valence-electron chi connectivity index (χ4n) is 1.68. The van der Waals surface area contributed by atoms with Crippen LogP contribution in [0.25, 0.3) is 0 Å². The number of anilines is 1. The molecule has 1 amide bonds. The van der Waals surface area contributed by atoms with Crippen molar-refractivity contribution in [2.24, 2.45) is 11.7 Å². The molecule has 8 heteroatoms. The van der Waals surface area contributed by atoms with Gasteiger partial charge in [0.1, 0.15) is 11.5 Å². The van der Waals surface area contributed by atoms with Crippen molar-refractivity contribution in [3.8, 4) is 0 Å². The molecule has 1 aromatic rings. The molecule has 118 valence electrons. The van der Waals surface area contributed by atoms with E-state index >= 15 is 0 Å². The number of primary amides is 1. The Morgan fingerprint density at radius 1 is 1.43 bits per heavy atom. The molecule has 1 rings (SSSR count). The van der Waals surface area contributed by atoms with E-state index in [0.717, 1.165) is 12.1 Å². The summed E-state index contributed by atoms with van der Waals surface area (Å²) in [4.78, 5) is 14.8. The molecule has 0 bridgehead atoms. The lowest BCUT2D eigenvalue weighted by Crippen LogP contribution is -2.32. The third-order valence-corrected chi connectivity index (χ3v) is 2.92. The molecule has 3 N–H and O–H groups in total. The third kappa shape index (κ3) is 4.59. The Morgan fingerprint density at radius 2 is 2.05 bits per heavy atom. The minimum absolute atomic E-state index is 0.0574. The summed E-state index contributed by atoms with van der Waals surface area (Å²) < 4.78 is 43.1. The van der Waals surface area contributed by atoms with Gasteiger partial charge in [-0.15, -0.1) is 0 Å². The van der Waals surface area contributed by atoms with Gasteiger partial charge in [0.25, 0.3) is 5.91 Å². The zero-order chi connectivity index (χ0) is 16.2. The van der Waals surface area contributed by atoms with E-state index in [1.807, 2.05) is 13.8 Å². The van der Waals surface area contributed by atoms with Crippen molar-refractivity contribution in [2.45, 2.75) is 26.1 Å². The fourth-order valence-corrected chi connectivity index (χ4v) is 1.68. The van der Waals surface area contributed by atoms with Crippen LogP contribution in [0.4, 0.5) is 19.0 Å². The van der Waals surface area contributed by atoms with Crippen LogP contribution in [-0.4, -0.2) is 30.6 Å². The van der Waals surface area contributed by atoms with Crippen LogP contribution < -0.4 is 11.1 Å². The van der Waals surface area contributed by atoms with Crippen molar-refractivity contribution in [1.29, 1.82) is 0 Å². The lowest BCUT2D eigenvalue weighted by Gasteiger charge is -2.23. The Labute approximate surface area is 120 Å². The van der Waals surface area contributed by atoms with Crippen LogP contribution in [-0.2, 0) is 10.9 Å². The normalized spacial score (nSPS) is 13.3. The molecule has 0 aliphatic heterocycles. The van der Waals surface area contributed by atoms with E-state index in [-0.39, 0.29) is 29.9 Å². The average molecular weight is 305 g/mol. The van der Waals surface area contributed by atoms with Crippen molar-refractivity contribution in [1.82, 2.24) is 4.98 Å². The second kappa shape index (κ2) is 6.75. The first kappa shape index (κ1) is 17.2. The lowest BCUT2D eigenvalue weighted by atomic mass is 10.0. The number of amides is 1. The number of hydrogen-bond acceptors (Lipinski definition) is 4. The average Bonchev–Trinajstić information content (AvgIpc) is 2.36. The first-order valence-electron chi connectivity index (χ1n) is 6.30. The van der Waals surface area contributed by atoms with Gasteiger partial charge < -0.3 is 15.8 Å². The van der Waals surface area contributed by atoms with E-state index in [1.54, 1.807) is 0 Å². The number of hydrogen-bond donors (Lipinski definition) is 2. The molecule has 0 spiro atoms. The number of pyridine rings is 1. The van der Waals surface area contributed by atoms with Gasteiger partial charge in [-0.05, 0) is 18.1 Å². The Kier molecular flexibility index (Phi) is 5.54. The number of alkyl halides is 3. The van der Waals surface area contributed by atoms with Gasteiger partial charge in [-0.3, -0.25) is 4.79 Å². The van der Waals surface area contributed by atoms with E-state index in [9.17, 15) is 18.0 Å². The molecule has 0 radical (unpaired) electrons. The third-order valence-electron chi connectivity index (χ3n) is 2.92. The van der Waals surface area contributed by atoms with Crippen molar-refractivity contribution in [2.75, 3.05) is 19.0 Å². The van der Waals surface area contributed by atoms with Gasteiger partial charge in [0.05, 0.1) is 18.2 Å². The molecule has 0 fully saturated rings. The smallest absolute Gasteiger partial charge is 0.383 e. The molecular weight excluding hydrogens is 287 g/mol. The van der Waals surface area contributed by atoms with Crippen LogP contribution in [0.2, 0.25) is 0 Å². The second-order valence-corrected chi connectivity index (χ2v) is 4.90. The Bertz CT molecular complexity index is 504. The molecule has 1 unspecified atom stereocenters. The maximum absolute atomic E-state index is 12.7. The number of carbonyl (C=O) groups is 1. The summed E-state index contributed by atoms with van der Waals surface area (Å²) in [6.07, 6.45) is -4.60. The topological polar surface area (TPSA) is 77.2 Å². The molecule has 21 heavy (non-hydrogen) atoms. The molecular formula is C13H18F3N3O2. The van der Waals surface area contributed by atoms with E-state index in [2.05, 4.69) is 10.3 Å². The number of nitrogens with one attached hydrogen (secondary N) is 1. The van der Waals surface area contributed by atoms with Gasteiger partial charge >= 0.3 is 6.18 Å². The number of ether oxygens (including phenoxy) is 1. The SMILES string of the molecule is COCC(Nc1nc(C(F)(F)F)ccc1C(N)=O)C(C)C. The lowest BCUT2D eigenvalue weighted by molar-refractivity contribution is -0.141. The molecule has 0 saturated carbocycles. The van der Waals surface area contributed by atoms with Gasteiger partial charge in [-0.2, -0.15) is 13.2 Å². The van der Waals surface area contributed by atoms with Crippen molar-refractivity contribution >= 4 is 11.7 Å². The van der Waals surface area contributed by atoms with Crippen LogP contribution in [0, 0.1) is 5.92 Å². The van der Waals surface area contributed by atoms with Gasteiger partial charge in [0.15, 0.2) is 0 Å². The highest BCUT2D eigenvalue weighted by Crippen LogP contribution is 2.29. The molecule has 1 atom stereocenters. The Morgan fingerprint density at radius 3 is 2.48 bits per heavy atom. The molecule has 0 aliphatic rings. The van der Waals surface area contributed by atoms with Crippen LogP contribution >= 0.6 is 0 Å². The predicted octanol–water partition coefficient (Wildman–Crippen LogP) is 2.28. The highest BCUT2D eigenvalue weighted by molar-refractivity contribution is 5.97. The van der Waals surface area contributed by atoms with Gasteiger partial charge in [0, 0.05) is 7.11 Å². The van der Waals surface area contributed by atoms with Crippen LogP contribution in [0.5, 0.6) is 0 Å². The van der Waals surface area contributed by atoms with Crippen molar-refractivity contribution in [3.63, 3.8) is 0 Å². The summed E-state index contributed by atoms with van der Waals surface area (Å²) in [7, 11) is 1.48. The number of rotatable bonds is 6. The number of aromatic nitrogens is 1. The predicted molar refractivity (Wildman–Crippen MR) is 71.9 cm³/mol. The fraction of sp³-hybridized carbons (Fsp3) is 0.538. The van der Waals surface area contributed by atoms with Gasteiger partial charge in [-0.1, -0.05) is 13.8 Å². The zero-order valence-corrected chi connectivity index (χ0v) is 12.0. The van der Waals surface area contributed by atoms with E-state index < -0.39 is 17.8 Å². The number of nitrogens with zero attached hydrogens (tertiary/aromatic N) is 1. The quantitative estimate of drug-likeness (QED) is 0.845. The Hall–Kier alpha value is -1.83. The number of carbonyl (C=O) groups excluding carboxylic acids is 1. The van der Waals surface area contributed by atoms with E-state index in [1.165, 1.54) is 7.11 Å². The minimum Gasteiger partial charge on any atom is -0.383 e. The van der Waals surface area contributed by atoms with Crippen molar-refractivity contribution < 1.29 is 22.7 Å². The maximum Gasteiger partial charge on any atom is 0.433 e. The molecule has 1 aromatic heterocycles. The highest BCUT2D eigenvalue weighted by atomic mass is 19.4. The summed E-state index contributed by atoms with van der Waals surface area (Å²) in [5, 5.41) is 2.80. The summed E-state index contributed by atoms with van der Waals surface area (Å²) in [6.45, 7) is 4.00. The van der Waals surface area contributed by atoms with Crippen LogP contribution in [0.3, 0.4) is 0 Å². The molecule has 1 heterocycles.